The highest BCUT2D eigenvalue weighted by atomic mass is 32.2. The third-order valence-corrected chi connectivity index (χ3v) is 3.10. The molecule has 0 heterocycles. The minimum atomic E-state index is 0.575. The molecule has 0 fully saturated rings. The first-order valence-corrected chi connectivity index (χ1v) is 5.69. The maximum atomic E-state index is 8.78. The van der Waals surface area contributed by atoms with Crippen LogP contribution in [0, 0.1) is 11.3 Å². The number of nitrogens with zero attached hydrogens (tertiary/aromatic N) is 1. The van der Waals surface area contributed by atoms with Gasteiger partial charge in [0.05, 0.1) is 11.3 Å². The molecular formula is C11H14N2S. The molecule has 0 bridgehead atoms. The van der Waals surface area contributed by atoms with Gasteiger partial charge in [-0.25, -0.2) is 0 Å². The summed E-state index contributed by atoms with van der Waals surface area (Å²) in [6.45, 7) is 2.16. The van der Waals surface area contributed by atoms with Crippen molar-refractivity contribution < 1.29 is 0 Å². The minimum Gasteiger partial charge on any atom is -0.397 e. The number of anilines is 1. The van der Waals surface area contributed by atoms with Gasteiger partial charge in [-0.1, -0.05) is 19.4 Å². The summed E-state index contributed by atoms with van der Waals surface area (Å²) in [5.41, 5.74) is 7.03. The molecular weight excluding hydrogens is 192 g/mol. The fourth-order valence-electron chi connectivity index (χ4n) is 1.09. The van der Waals surface area contributed by atoms with Crippen molar-refractivity contribution in [3.8, 4) is 6.07 Å². The van der Waals surface area contributed by atoms with Crippen molar-refractivity contribution in [2.24, 2.45) is 0 Å². The van der Waals surface area contributed by atoms with E-state index < -0.39 is 0 Å². The van der Waals surface area contributed by atoms with Gasteiger partial charge in [-0.05, 0) is 24.3 Å². The van der Waals surface area contributed by atoms with Crippen LogP contribution in [0.4, 0.5) is 5.69 Å². The van der Waals surface area contributed by atoms with Gasteiger partial charge in [-0.2, -0.15) is 5.26 Å². The Morgan fingerprint density at radius 3 is 2.93 bits per heavy atom. The lowest BCUT2D eigenvalue weighted by atomic mass is 10.2. The molecule has 0 aliphatic heterocycles. The maximum Gasteiger partial charge on any atom is 0.101 e. The number of para-hydroxylation sites is 1. The lowest BCUT2D eigenvalue weighted by Crippen LogP contribution is -1.93. The van der Waals surface area contributed by atoms with Crippen LogP contribution >= 0.6 is 11.8 Å². The summed E-state index contributed by atoms with van der Waals surface area (Å²) in [5, 5.41) is 8.78. The molecule has 0 amide bonds. The molecule has 0 unspecified atom stereocenters. The maximum absolute atomic E-state index is 8.78. The summed E-state index contributed by atoms with van der Waals surface area (Å²) in [6, 6.07) is 7.68. The zero-order valence-corrected chi connectivity index (χ0v) is 9.10. The highest BCUT2D eigenvalue weighted by Crippen LogP contribution is 2.27. The number of hydrogen-bond acceptors (Lipinski definition) is 3. The van der Waals surface area contributed by atoms with Gasteiger partial charge in [0.2, 0.25) is 0 Å². The summed E-state index contributed by atoms with van der Waals surface area (Å²) in [4.78, 5) is 1.03. The number of nitrogens with two attached hydrogens (primary N) is 1. The second-order valence-corrected chi connectivity index (χ2v) is 4.17. The number of rotatable bonds is 4. The van der Waals surface area contributed by atoms with E-state index in [1.165, 1.54) is 12.8 Å². The van der Waals surface area contributed by atoms with Crippen LogP contribution in [0.25, 0.3) is 0 Å². The summed E-state index contributed by atoms with van der Waals surface area (Å²) in [6.07, 6.45) is 2.37. The van der Waals surface area contributed by atoms with Crippen LogP contribution in [-0.4, -0.2) is 5.75 Å². The van der Waals surface area contributed by atoms with E-state index in [4.69, 9.17) is 11.0 Å². The molecule has 74 valence electrons. The van der Waals surface area contributed by atoms with Gasteiger partial charge in [0, 0.05) is 4.90 Å². The first-order chi connectivity index (χ1) is 6.79. The van der Waals surface area contributed by atoms with E-state index in [-0.39, 0.29) is 0 Å². The van der Waals surface area contributed by atoms with Gasteiger partial charge < -0.3 is 5.73 Å². The van der Waals surface area contributed by atoms with Crippen molar-refractivity contribution in [3.05, 3.63) is 23.8 Å². The number of nitrogen functional groups attached to an aromatic ring is 1. The van der Waals surface area contributed by atoms with Gasteiger partial charge in [-0.3, -0.25) is 0 Å². The van der Waals surface area contributed by atoms with Crippen molar-refractivity contribution in [2.45, 2.75) is 24.7 Å². The molecule has 0 aromatic heterocycles. The van der Waals surface area contributed by atoms with E-state index in [9.17, 15) is 0 Å². The molecule has 0 aliphatic rings. The Morgan fingerprint density at radius 2 is 2.29 bits per heavy atom. The molecule has 0 aliphatic carbocycles. The third-order valence-electron chi connectivity index (χ3n) is 1.94. The van der Waals surface area contributed by atoms with Gasteiger partial charge in [0.15, 0.2) is 0 Å². The Morgan fingerprint density at radius 1 is 1.50 bits per heavy atom. The summed E-state index contributed by atoms with van der Waals surface area (Å²) >= 11 is 1.73. The number of benzene rings is 1. The summed E-state index contributed by atoms with van der Waals surface area (Å²) in [5.74, 6) is 1.07. The zero-order chi connectivity index (χ0) is 10.4. The highest BCUT2D eigenvalue weighted by Gasteiger charge is 2.03. The first kappa shape index (κ1) is 10.9. The van der Waals surface area contributed by atoms with Gasteiger partial charge in [0.25, 0.3) is 0 Å². The number of unbranched alkanes of at least 4 members (excludes halogenated alkanes) is 1. The molecule has 2 nitrogen and oxygen atoms in total. The Bertz CT molecular complexity index is 342. The van der Waals surface area contributed by atoms with Gasteiger partial charge in [-0.15, -0.1) is 11.8 Å². The average molecular weight is 206 g/mol. The predicted octanol–water partition coefficient (Wildman–Crippen LogP) is 3.03. The molecule has 0 saturated carbocycles. The van der Waals surface area contributed by atoms with Crippen molar-refractivity contribution in [1.29, 1.82) is 5.26 Å². The van der Waals surface area contributed by atoms with Gasteiger partial charge in [0.1, 0.15) is 6.07 Å². The first-order valence-electron chi connectivity index (χ1n) is 4.71. The topological polar surface area (TPSA) is 49.8 Å². The smallest absolute Gasteiger partial charge is 0.101 e. The molecule has 0 atom stereocenters. The van der Waals surface area contributed by atoms with Gasteiger partial charge >= 0.3 is 0 Å². The molecule has 0 saturated heterocycles. The molecule has 14 heavy (non-hydrogen) atoms. The van der Waals surface area contributed by atoms with Crippen LogP contribution in [0.1, 0.15) is 25.3 Å². The molecule has 1 aromatic carbocycles. The third kappa shape index (κ3) is 2.68. The standard InChI is InChI=1S/C11H14N2S/c1-2-3-7-14-10-6-4-5-9(8-12)11(10)13/h4-6H,2-3,7,13H2,1H3. The van der Waals surface area contributed by atoms with E-state index in [1.54, 1.807) is 17.8 Å². The fraction of sp³-hybridized carbons (Fsp3) is 0.364. The molecule has 0 spiro atoms. The second-order valence-electron chi connectivity index (χ2n) is 3.03. The van der Waals surface area contributed by atoms with Crippen LogP contribution in [-0.2, 0) is 0 Å². The minimum absolute atomic E-state index is 0.575. The lowest BCUT2D eigenvalue weighted by Gasteiger charge is -2.05. The fourth-order valence-corrected chi connectivity index (χ4v) is 2.19. The number of thioether (sulfide) groups is 1. The van der Waals surface area contributed by atoms with Crippen LogP contribution in [0.3, 0.4) is 0 Å². The molecule has 3 heteroatoms. The van der Waals surface area contributed by atoms with E-state index in [0.717, 1.165) is 10.6 Å². The normalized spacial score (nSPS) is 9.71. The van der Waals surface area contributed by atoms with Crippen molar-refractivity contribution in [2.75, 3.05) is 11.5 Å². The monoisotopic (exact) mass is 206 g/mol. The quantitative estimate of drug-likeness (QED) is 0.468. The van der Waals surface area contributed by atoms with Crippen LogP contribution in [0.2, 0.25) is 0 Å². The van der Waals surface area contributed by atoms with Crippen molar-refractivity contribution in [3.63, 3.8) is 0 Å². The molecule has 1 rings (SSSR count). The van der Waals surface area contributed by atoms with E-state index in [1.807, 2.05) is 12.1 Å². The second kappa shape index (κ2) is 5.56. The summed E-state index contributed by atoms with van der Waals surface area (Å²) < 4.78 is 0. The number of nitriles is 1. The van der Waals surface area contributed by atoms with Crippen molar-refractivity contribution >= 4 is 17.4 Å². The van der Waals surface area contributed by atoms with Crippen LogP contribution < -0.4 is 5.73 Å². The Hall–Kier alpha value is -1.14. The summed E-state index contributed by atoms with van der Waals surface area (Å²) in [7, 11) is 0. The Kier molecular flexibility index (Phi) is 4.34. The molecule has 2 N–H and O–H groups in total. The highest BCUT2D eigenvalue weighted by molar-refractivity contribution is 7.99. The lowest BCUT2D eigenvalue weighted by molar-refractivity contribution is 0.896. The zero-order valence-electron chi connectivity index (χ0n) is 8.29. The van der Waals surface area contributed by atoms with E-state index in [2.05, 4.69) is 13.0 Å². The Balaban J connectivity index is 2.73. The molecule has 0 radical (unpaired) electrons. The SMILES string of the molecule is CCCCSc1cccc(C#N)c1N. The Labute approximate surface area is 89.1 Å². The average Bonchev–Trinajstić information content (AvgIpc) is 2.21. The van der Waals surface area contributed by atoms with Crippen LogP contribution in [0.15, 0.2) is 23.1 Å². The van der Waals surface area contributed by atoms with Crippen molar-refractivity contribution in [1.82, 2.24) is 0 Å². The van der Waals surface area contributed by atoms with Crippen LogP contribution in [0.5, 0.6) is 0 Å². The number of hydrogen-bond donors (Lipinski definition) is 1. The van der Waals surface area contributed by atoms with E-state index in [0.29, 0.717) is 11.3 Å². The largest absolute Gasteiger partial charge is 0.397 e. The van der Waals surface area contributed by atoms with E-state index >= 15 is 0 Å². The molecule has 1 aromatic rings. The predicted molar refractivity (Wildman–Crippen MR) is 61.2 cm³/mol.